The summed E-state index contributed by atoms with van der Waals surface area (Å²) in [6.45, 7) is 6.49. The monoisotopic (exact) mass is 517 g/mol. The van der Waals surface area contributed by atoms with Crippen LogP contribution in [0.5, 0.6) is 0 Å². The standard InChI is InChI=1S/C30H39N5O3/c1-4-32-28(38)30(18-21-11-6-5-7-12-21)15-10-16-35(20-30)26(36)25(34-27(37)29(2,3)31)17-22-19-33-24-14-9-8-13-23(22)24/h5-9,11-14,19,25,33H,4,10,15-18,20,31H2,1-3H3,(H,32,38)(H,34,37)/t25-,30?/m1/s1. The van der Waals surface area contributed by atoms with Crippen molar-refractivity contribution in [1.29, 1.82) is 0 Å². The lowest BCUT2D eigenvalue weighted by molar-refractivity contribution is -0.144. The Balaban J connectivity index is 1.63. The topological polar surface area (TPSA) is 120 Å². The molecule has 3 amide bonds. The number of para-hydroxylation sites is 1. The van der Waals surface area contributed by atoms with Gasteiger partial charge in [0.15, 0.2) is 0 Å². The average molecular weight is 518 g/mol. The van der Waals surface area contributed by atoms with Crippen LogP contribution < -0.4 is 16.4 Å². The van der Waals surface area contributed by atoms with Crippen LogP contribution >= 0.6 is 0 Å². The highest BCUT2D eigenvalue weighted by Crippen LogP contribution is 2.35. The molecular weight excluding hydrogens is 478 g/mol. The summed E-state index contributed by atoms with van der Waals surface area (Å²) < 4.78 is 0. The fourth-order valence-corrected chi connectivity index (χ4v) is 5.35. The lowest BCUT2D eigenvalue weighted by Crippen LogP contribution is -2.60. The largest absolute Gasteiger partial charge is 0.361 e. The van der Waals surface area contributed by atoms with Crippen molar-refractivity contribution in [3.05, 3.63) is 71.9 Å². The molecule has 8 nitrogen and oxygen atoms in total. The number of hydrogen-bond donors (Lipinski definition) is 4. The number of nitrogens with zero attached hydrogens (tertiary/aromatic N) is 1. The summed E-state index contributed by atoms with van der Waals surface area (Å²) in [5.74, 6) is -0.636. The number of aromatic amines is 1. The van der Waals surface area contributed by atoms with E-state index < -0.39 is 22.9 Å². The molecule has 5 N–H and O–H groups in total. The molecule has 2 aromatic carbocycles. The van der Waals surface area contributed by atoms with E-state index in [1.54, 1.807) is 18.7 Å². The van der Waals surface area contributed by atoms with Gasteiger partial charge in [-0.3, -0.25) is 14.4 Å². The molecule has 2 atom stereocenters. The van der Waals surface area contributed by atoms with Gasteiger partial charge < -0.3 is 26.3 Å². The van der Waals surface area contributed by atoms with Gasteiger partial charge in [-0.2, -0.15) is 0 Å². The van der Waals surface area contributed by atoms with Crippen LogP contribution in [0.2, 0.25) is 0 Å². The van der Waals surface area contributed by atoms with E-state index in [1.807, 2.05) is 67.7 Å². The van der Waals surface area contributed by atoms with Crippen molar-refractivity contribution in [3.63, 3.8) is 0 Å². The van der Waals surface area contributed by atoms with Crippen molar-refractivity contribution in [2.45, 2.75) is 58.0 Å². The average Bonchev–Trinajstić information content (AvgIpc) is 3.31. The van der Waals surface area contributed by atoms with Gasteiger partial charge in [0.05, 0.1) is 11.0 Å². The van der Waals surface area contributed by atoms with Gasteiger partial charge in [-0.25, -0.2) is 0 Å². The molecule has 2 heterocycles. The molecule has 38 heavy (non-hydrogen) atoms. The molecule has 1 aliphatic rings. The van der Waals surface area contributed by atoms with Crippen LogP contribution in [0.3, 0.4) is 0 Å². The van der Waals surface area contributed by atoms with Crippen LogP contribution in [0.4, 0.5) is 0 Å². The van der Waals surface area contributed by atoms with Crippen molar-refractivity contribution in [2.75, 3.05) is 19.6 Å². The molecule has 0 aliphatic carbocycles. The second-order valence-corrected chi connectivity index (χ2v) is 11.0. The van der Waals surface area contributed by atoms with E-state index in [2.05, 4.69) is 15.6 Å². The van der Waals surface area contributed by atoms with E-state index in [4.69, 9.17) is 5.73 Å². The second kappa shape index (κ2) is 11.4. The van der Waals surface area contributed by atoms with Gasteiger partial charge >= 0.3 is 0 Å². The van der Waals surface area contributed by atoms with Gasteiger partial charge in [0, 0.05) is 43.2 Å². The number of hydrogen-bond acceptors (Lipinski definition) is 4. The molecule has 0 spiro atoms. The first-order valence-corrected chi connectivity index (χ1v) is 13.4. The number of aromatic nitrogens is 1. The maximum Gasteiger partial charge on any atom is 0.245 e. The summed E-state index contributed by atoms with van der Waals surface area (Å²) in [5.41, 5.74) is 7.15. The Bertz CT molecular complexity index is 1280. The highest BCUT2D eigenvalue weighted by atomic mass is 16.2. The summed E-state index contributed by atoms with van der Waals surface area (Å²) in [5, 5.41) is 6.93. The van der Waals surface area contributed by atoms with Crippen molar-refractivity contribution < 1.29 is 14.4 Å². The van der Waals surface area contributed by atoms with Crippen LogP contribution in [0.1, 0.15) is 44.7 Å². The zero-order chi connectivity index (χ0) is 27.3. The Morgan fingerprint density at radius 1 is 1.11 bits per heavy atom. The van der Waals surface area contributed by atoms with Gasteiger partial charge in [0.2, 0.25) is 17.7 Å². The Hall–Kier alpha value is -3.65. The van der Waals surface area contributed by atoms with Crippen molar-refractivity contribution in [2.24, 2.45) is 11.1 Å². The number of benzene rings is 2. The minimum atomic E-state index is -1.14. The molecule has 0 radical (unpaired) electrons. The first-order chi connectivity index (χ1) is 18.1. The number of nitrogens with two attached hydrogens (primary N) is 1. The zero-order valence-electron chi connectivity index (χ0n) is 22.5. The molecular formula is C30H39N5O3. The quantitative estimate of drug-likeness (QED) is 0.349. The molecule has 1 aromatic heterocycles. The SMILES string of the molecule is CCNC(=O)C1(Cc2ccccc2)CCCN(C(=O)[C@@H](Cc2c[nH]c3ccccc23)NC(=O)C(C)(C)N)C1. The molecule has 3 aromatic rings. The van der Waals surface area contributed by atoms with E-state index in [0.717, 1.165) is 22.0 Å². The van der Waals surface area contributed by atoms with Crippen LogP contribution in [0.25, 0.3) is 10.9 Å². The lowest BCUT2D eigenvalue weighted by atomic mass is 9.74. The zero-order valence-corrected chi connectivity index (χ0v) is 22.5. The Morgan fingerprint density at radius 2 is 1.82 bits per heavy atom. The number of fused-ring (bicyclic) bond motifs is 1. The second-order valence-electron chi connectivity index (χ2n) is 11.0. The van der Waals surface area contributed by atoms with E-state index >= 15 is 0 Å². The van der Waals surface area contributed by atoms with Crippen LogP contribution in [0.15, 0.2) is 60.8 Å². The summed E-state index contributed by atoms with van der Waals surface area (Å²) >= 11 is 0. The Kier molecular flexibility index (Phi) is 8.21. The van der Waals surface area contributed by atoms with Crippen molar-refractivity contribution in [3.8, 4) is 0 Å². The van der Waals surface area contributed by atoms with Gasteiger partial charge in [0.25, 0.3) is 0 Å². The molecule has 0 saturated carbocycles. The first kappa shape index (κ1) is 27.4. The fraction of sp³-hybridized carbons (Fsp3) is 0.433. The van der Waals surface area contributed by atoms with Gasteiger partial charge in [-0.05, 0) is 57.2 Å². The number of nitrogens with one attached hydrogen (secondary N) is 3. The predicted octanol–water partition coefficient (Wildman–Crippen LogP) is 2.92. The number of piperidine rings is 1. The molecule has 202 valence electrons. The molecule has 0 bridgehead atoms. The van der Waals surface area contributed by atoms with Gasteiger partial charge in [-0.1, -0.05) is 48.5 Å². The number of rotatable bonds is 9. The van der Waals surface area contributed by atoms with E-state index in [-0.39, 0.29) is 11.8 Å². The molecule has 1 fully saturated rings. The number of carbonyl (C=O) groups excluding carboxylic acids is 3. The number of carbonyl (C=O) groups is 3. The smallest absolute Gasteiger partial charge is 0.245 e. The van der Waals surface area contributed by atoms with Crippen molar-refractivity contribution in [1.82, 2.24) is 20.5 Å². The van der Waals surface area contributed by atoms with Gasteiger partial charge in [-0.15, -0.1) is 0 Å². The maximum atomic E-state index is 14.1. The van der Waals surface area contributed by atoms with Gasteiger partial charge in [0.1, 0.15) is 6.04 Å². The van der Waals surface area contributed by atoms with E-state index in [1.165, 1.54) is 0 Å². The number of H-pyrrole nitrogens is 1. The third-order valence-electron chi connectivity index (χ3n) is 7.38. The minimum Gasteiger partial charge on any atom is -0.361 e. The summed E-state index contributed by atoms with van der Waals surface area (Å²) in [6.07, 6.45) is 4.13. The molecule has 1 aliphatic heterocycles. The van der Waals surface area contributed by atoms with E-state index in [9.17, 15) is 14.4 Å². The third kappa shape index (κ3) is 6.07. The normalized spacial score (nSPS) is 18.7. The van der Waals surface area contributed by atoms with Crippen LogP contribution in [-0.2, 0) is 27.2 Å². The highest BCUT2D eigenvalue weighted by molar-refractivity contribution is 5.93. The lowest BCUT2D eigenvalue weighted by Gasteiger charge is -2.43. The van der Waals surface area contributed by atoms with E-state index in [0.29, 0.717) is 45.3 Å². The molecule has 1 unspecified atom stereocenters. The Morgan fingerprint density at radius 3 is 2.53 bits per heavy atom. The summed E-state index contributed by atoms with van der Waals surface area (Å²) in [4.78, 5) is 45.4. The Labute approximate surface area is 224 Å². The maximum absolute atomic E-state index is 14.1. The molecule has 1 saturated heterocycles. The van der Waals surface area contributed by atoms with Crippen molar-refractivity contribution >= 4 is 28.6 Å². The summed E-state index contributed by atoms with van der Waals surface area (Å²) in [7, 11) is 0. The third-order valence-corrected chi connectivity index (χ3v) is 7.38. The fourth-order valence-electron chi connectivity index (χ4n) is 5.35. The number of likely N-dealkylation sites (tertiary alicyclic amines) is 1. The predicted molar refractivity (Wildman–Crippen MR) is 149 cm³/mol. The van der Waals surface area contributed by atoms with Crippen LogP contribution in [-0.4, -0.2) is 58.8 Å². The minimum absolute atomic E-state index is 0.0401. The first-order valence-electron chi connectivity index (χ1n) is 13.4. The molecule has 8 heteroatoms. The summed E-state index contributed by atoms with van der Waals surface area (Å²) in [6, 6.07) is 17.0. The highest BCUT2D eigenvalue weighted by Gasteiger charge is 2.44. The molecule has 4 rings (SSSR count). The van der Waals surface area contributed by atoms with Crippen LogP contribution in [0, 0.1) is 5.41 Å². The number of amides is 3.